The molecule has 2 aliphatic heterocycles. The Morgan fingerprint density at radius 3 is 1.24 bits per heavy atom. The van der Waals surface area contributed by atoms with E-state index in [9.17, 15) is 0 Å². The first-order valence-electron chi connectivity index (χ1n) is 8.92. The standard InChI is InChI=1S/C19H38N2/c1-16(2)12-14(18(5,6)20-16)10-9-11-15-13-17(3,4)21-19(15,7)8/h14-15,20-21H,9-13H2,1-8H3. The van der Waals surface area contributed by atoms with Crippen molar-refractivity contribution in [3.8, 4) is 0 Å². The van der Waals surface area contributed by atoms with Crippen LogP contribution in [-0.4, -0.2) is 22.2 Å². The van der Waals surface area contributed by atoms with Gasteiger partial charge in [-0.25, -0.2) is 0 Å². The predicted molar refractivity (Wildman–Crippen MR) is 92.7 cm³/mol. The summed E-state index contributed by atoms with van der Waals surface area (Å²) in [5.74, 6) is 1.64. The monoisotopic (exact) mass is 294 g/mol. The summed E-state index contributed by atoms with van der Waals surface area (Å²) in [5, 5.41) is 7.63. The van der Waals surface area contributed by atoms with Crippen molar-refractivity contribution in [2.75, 3.05) is 0 Å². The first kappa shape index (κ1) is 17.3. The molecule has 21 heavy (non-hydrogen) atoms. The van der Waals surface area contributed by atoms with Crippen LogP contribution in [0.25, 0.3) is 0 Å². The fourth-order valence-corrected chi connectivity index (χ4v) is 5.33. The molecule has 0 spiro atoms. The van der Waals surface area contributed by atoms with Crippen LogP contribution in [0.5, 0.6) is 0 Å². The van der Waals surface area contributed by atoms with Gasteiger partial charge in [-0.15, -0.1) is 0 Å². The van der Waals surface area contributed by atoms with E-state index in [-0.39, 0.29) is 0 Å². The van der Waals surface area contributed by atoms with Crippen molar-refractivity contribution in [1.82, 2.24) is 10.6 Å². The van der Waals surface area contributed by atoms with Gasteiger partial charge in [0.25, 0.3) is 0 Å². The summed E-state index contributed by atoms with van der Waals surface area (Å²) < 4.78 is 0. The van der Waals surface area contributed by atoms with Gasteiger partial charge in [0.05, 0.1) is 0 Å². The summed E-state index contributed by atoms with van der Waals surface area (Å²) >= 11 is 0. The summed E-state index contributed by atoms with van der Waals surface area (Å²) in [6.07, 6.45) is 6.75. The van der Waals surface area contributed by atoms with Gasteiger partial charge in [0.15, 0.2) is 0 Å². The van der Waals surface area contributed by atoms with E-state index in [0.29, 0.717) is 22.2 Å². The zero-order valence-corrected chi connectivity index (χ0v) is 15.7. The maximum atomic E-state index is 3.81. The van der Waals surface area contributed by atoms with Crippen LogP contribution in [0, 0.1) is 11.8 Å². The molecule has 2 nitrogen and oxygen atoms in total. The molecule has 2 heteroatoms. The van der Waals surface area contributed by atoms with Gasteiger partial charge < -0.3 is 10.6 Å². The summed E-state index contributed by atoms with van der Waals surface area (Å²) in [4.78, 5) is 0. The molecule has 2 saturated heterocycles. The van der Waals surface area contributed by atoms with E-state index in [1.165, 1.54) is 32.1 Å². The summed E-state index contributed by atoms with van der Waals surface area (Å²) in [6, 6.07) is 0. The van der Waals surface area contributed by atoms with Crippen molar-refractivity contribution in [3.05, 3.63) is 0 Å². The van der Waals surface area contributed by atoms with Crippen LogP contribution in [0.2, 0.25) is 0 Å². The Morgan fingerprint density at radius 1 is 0.667 bits per heavy atom. The molecule has 0 amide bonds. The van der Waals surface area contributed by atoms with Crippen molar-refractivity contribution in [1.29, 1.82) is 0 Å². The van der Waals surface area contributed by atoms with Crippen LogP contribution in [0.4, 0.5) is 0 Å². The highest BCUT2D eigenvalue weighted by Gasteiger charge is 2.45. The second-order valence-corrected chi connectivity index (χ2v) is 10.2. The topological polar surface area (TPSA) is 24.1 Å². The van der Waals surface area contributed by atoms with E-state index in [2.05, 4.69) is 66.0 Å². The SMILES string of the molecule is CC1(C)CC(CCCC2CC(C)(C)NC2(C)C)C(C)(C)N1. The van der Waals surface area contributed by atoms with Gasteiger partial charge >= 0.3 is 0 Å². The van der Waals surface area contributed by atoms with E-state index >= 15 is 0 Å². The third-order valence-corrected chi connectivity index (χ3v) is 5.98. The highest BCUT2D eigenvalue weighted by atomic mass is 15.1. The summed E-state index contributed by atoms with van der Waals surface area (Å²) in [5.41, 5.74) is 1.22. The van der Waals surface area contributed by atoms with Crippen LogP contribution >= 0.6 is 0 Å². The Morgan fingerprint density at radius 2 is 1.00 bits per heavy atom. The first-order chi connectivity index (χ1) is 9.33. The fourth-order valence-electron chi connectivity index (χ4n) is 5.33. The second-order valence-electron chi connectivity index (χ2n) is 10.2. The molecular weight excluding hydrogens is 256 g/mol. The minimum Gasteiger partial charge on any atom is -0.307 e. The lowest BCUT2D eigenvalue weighted by Gasteiger charge is -2.30. The highest BCUT2D eigenvalue weighted by Crippen LogP contribution is 2.42. The molecule has 2 aliphatic rings. The molecule has 2 rings (SSSR count). The third kappa shape index (κ3) is 4.01. The molecule has 0 bridgehead atoms. The molecule has 0 aromatic heterocycles. The van der Waals surface area contributed by atoms with Crippen molar-refractivity contribution in [3.63, 3.8) is 0 Å². The Bertz CT molecular complexity index is 343. The van der Waals surface area contributed by atoms with Crippen LogP contribution < -0.4 is 10.6 Å². The number of rotatable bonds is 4. The lowest BCUT2D eigenvalue weighted by atomic mass is 9.79. The van der Waals surface area contributed by atoms with Gasteiger partial charge in [-0.2, -0.15) is 0 Å². The smallest absolute Gasteiger partial charge is 0.0158 e. The van der Waals surface area contributed by atoms with Gasteiger partial charge in [-0.1, -0.05) is 6.42 Å². The average molecular weight is 295 g/mol. The Balaban J connectivity index is 1.85. The fraction of sp³-hybridized carbons (Fsp3) is 1.00. The first-order valence-corrected chi connectivity index (χ1v) is 8.92. The van der Waals surface area contributed by atoms with Crippen LogP contribution in [0.1, 0.15) is 87.5 Å². The minimum absolute atomic E-state index is 0.298. The van der Waals surface area contributed by atoms with Gasteiger partial charge in [-0.05, 0) is 92.9 Å². The van der Waals surface area contributed by atoms with Crippen LogP contribution in [0.15, 0.2) is 0 Å². The molecule has 2 atom stereocenters. The molecule has 2 N–H and O–H groups in total. The van der Waals surface area contributed by atoms with Gasteiger partial charge in [0, 0.05) is 22.2 Å². The highest BCUT2D eigenvalue weighted by molar-refractivity contribution is 5.04. The molecule has 0 radical (unpaired) electrons. The molecule has 0 aromatic carbocycles. The Hall–Kier alpha value is -0.0800. The van der Waals surface area contributed by atoms with E-state index < -0.39 is 0 Å². The van der Waals surface area contributed by atoms with Crippen molar-refractivity contribution in [2.45, 2.75) is 110 Å². The molecular formula is C19H38N2. The predicted octanol–water partition coefficient (Wildman–Crippen LogP) is 4.49. The summed E-state index contributed by atoms with van der Waals surface area (Å²) in [7, 11) is 0. The Kier molecular flexibility index (Phi) is 4.30. The van der Waals surface area contributed by atoms with Gasteiger partial charge in [0.2, 0.25) is 0 Å². The third-order valence-electron chi connectivity index (χ3n) is 5.98. The van der Waals surface area contributed by atoms with Gasteiger partial charge in [-0.3, -0.25) is 0 Å². The lowest BCUT2D eigenvalue weighted by Crippen LogP contribution is -2.45. The van der Waals surface area contributed by atoms with Crippen LogP contribution in [0.3, 0.4) is 0 Å². The largest absolute Gasteiger partial charge is 0.307 e. The molecule has 2 fully saturated rings. The van der Waals surface area contributed by atoms with Gasteiger partial charge in [0.1, 0.15) is 0 Å². The van der Waals surface area contributed by atoms with Crippen molar-refractivity contribution in [2.24, 2.45) is 11.8 Å². The van der Waals surface area contributed by atoms with E-state index in [0.717, 1.165) is 11.8 Å². The average Bonchev–Trinajstić information content (AvgIpc) is 2.55. The normalized spacial score (nSPS) is 36.0. The molecule has 124 valence electrons. The second kappa shape index (κ2) is 5.23. The zero-order valence-electron chi connectivity index (χ0n) is 15.7. The van der Waals surface area contributed by atoms with Crippen molar-refractivity contribution < 1.29 is 0 Å². The van der Waals surface area contributed by atoms with E-state index in [1.807, 2.05) is 0 Å². The molecule has 2 heterocycles. The summed E-state index contributed by atoms with van der Waals surface area (Å²) in [6.45, 7) is 18.9. The molecule has 2 unspecified atom stereocenters. The van der Waals surface area contributed by atoms with E-state index in [4.69, 9.17) is 0 Å². The zero-order chi connectivity index (χ0) is 16.1. The van der Waals surface area contributed by atoms with Crippen LogP contribution in [-0.2, 0) is 0 Å². The lowest BCUT2D eigenvalue weighted by molar-refractivity contribution is 0.270. The quantitative estimate of drug-likeness (QED) is 0.798. The molecule has 0 saturated carbocycles. The number of hydrogen-bond donors (Lipinski definition) is 2. The Labute approximate surface area is 132 Å². The number of hydrogen-bond acceptors (Lipinski definition) is 2. The number of nitrogens with one attached hydrogen (secondary N) is 2. The van der Waals surface area contributed by atoms with E-state index in [1.54, 1.807) is 0 Å². The molecule has 0 aliphatic carbocycles. The maximum absolute atomic E-state index is 3.81. The molecule has 0 aromatic rings. The maximum Gasteiger partial charge on any atom is 0.0158 e. The minimum atomic E-state index is 0.298. The van der Waals surface area contributed by atoms with Crippen molar-refractivity contribution >= 4 is 0 Å².